The molecule has 2 atom stereocenters. The minimum absolute atomic E-state index is 0.0176. The smallest absolute Gasteiger partial charge is 0.228 e. The van der Waals surface area contributed by atoms with E-state index in [-0.39, 0.29) is 35.5 Å². The van der Waals surface area contributed by atoms with Gasteiger partial charge in [0.25, 0.3) is 0 Å². The van der Waals surface area contributed by atoms with Gasteiger partial charge in [-0.25, -0.2) is 0 Å². The number of ketones is 2. The van der Waals surface area contributed by atoms with Gasteiger partial charge in [0.2, 0.25) is 5.78 Å². The second-order valence-electron chi connectivity index (χ2n) is 5.95. The van der Waals surface area contributed by atoms with Crippen LogP contribution in [0.5, 0.6) is 5.75 Å². The predicted octanol–water partition coefficient (Wildman–Crippen LogP) is 0.512. The van der Waals surface area contributed by atoms with Crippen molar-refractivity contribution < 1.29 is 29.6 Å². The van der Waals surface area contributed by atoms with E-state index in [1.807, 2.05) is 0 Å². The van der Waals surface area contributed by atoms with Crippen LogP contribution in [-0.2, 0) is 17.6 Å². The van der Waals surface area contributed by atoms with Crippen molar-refractivity contribution >= 4 is 11.6 Å². The predicted molar refractivity (Wildman–Crippen MR) is 75.9 cm³/mol. The number of ether oxygens (including phenoxy) is 1. The van der Waals surface area contributed by atoms with E-state index in [9.17, 15) is 24.9 Å². The molecular weight excluding hydrogens is 288 g/mol. The number of phenolic OH excluding ortho intramolecular Hbond substituents is 1. The number of aliphatic hydroxyl groups excluding tert-OH is 1. The average molecular weight is 304 g/mol. The molecule has 0 radical (unpaired) electrons. The van der Waals surface area contributed by atoms with E-state index in [2.05, 4.69) is 0 Å². The van der Waals surface area contributed by atoms with Gasteiger partial charge in [-0.05, 0) is 18.6 Å². The van der Waals surface area contributed by atoms with Crippen molar-refractivity contribution in [2.24, 2.45) is 0 Å². The molecule has 0 saturated heterocycles. The van der Waals surface area contributed by atoms with Crippen LogP contribution in [0.15, 0.2) is 17.9 Å². The first-order valence-electron chi connectivity index (χ1n) is 6.89. The van der Waals surface area contributed by atoms with Gasteiger partial charge in [0, 0.05) is 30.0 Å². The van der Waals surface area contributed by atoms with Crippen LogP contribution in [0.25, 0.3) is 0 Å². The van der Waals surface area contributed by atoms with Gasteiger partial charge < -0.3 is 20.1 Å². The van der Waals surface area contributed by atoms with Gasteiger partial charge in [-0.1, -0.05) is 0 Å². The topological polar surface area (TPSA) is 104 Å². The minimum atomic E-state index is -1.35. The van der Waals surface area contributed by atoms with Gasteiger partial charge in [-0.3, -0.25) is 9.59 Å². The molecule has 6 heteroatoms. The number of allylic oxidation sites excluding steroid dienone is 2. The fourth-order valence-electron chi connectivity index (χ4n) is 3.04. The maximum Gasteiger partial charge on any atom is 0.228 e. The van der Waals surface area contributed by atoms with Gasteiger partial charge in [0.05, 0.1) is 24.4 Å². The van der Waals surface area contributed by atoms with Crippen LogP contribution in [0.2, 0.25) is 0 Å². The Morgan fingerprint density at radius 1 is 1.36 bits per heavy atom. The standard InChI is InChI=1S/C16H16O6/c1-16(21)6-7-3-9-13(15(20)8(7)4-12(16)18)10(17)5-11(22-2)14(9)19/h3,5,12,18,20-21H,4,6H2,1-2H3/t12-,16+/m0/s1. The third-order valence-corrected chi connectivity index (χ3v) is 4.36. The lowest BCUT2D eigenvalue weighted by Gasteiger charge is -2.36. The molecule has 0 spiro atoms. The molecule has 0 heterocycles. The fraction of sp³-hybridized carbons (Fsp3) is 0.375. The molecule has 2 aliphatic carbocycles. The molecule has 2 aliphatic rings. The summed E-state index contributed by atoms with van der Waals surface area (Å²) >= 11 is 0. The number of fused-ring (bicyclic) bond motifs is 2. The number of rotatable bonds is 1. The van der Waals surface area contributed by atoms with Crippen molar-refractivity contribution in [1.82, 2.24) is 0 Å². The molecule has 3 N–H and O–H groups in total. The lowest BCUT2D eigenvalue weighted by Crippen LogP contribution is -2.46. The number of benzene rings is 1. The zero-order valence-electron chi connectivity index (χ0n) is 12.2. The van der Waals surface area contributed by atoms with E-state index in [4.69, 9.17) is 4.74 Å². The summed E-state index contributed by atoms with van der Waals surface area (Å²) in [5, 5.41) is 30.5. The SMILES string of the molecule is COC1=CC(=O)c2c(cc3c(c2O)C[C@H](O)[C@](C)(O)C3)C1=O. The molecule has 0 amide bonds. The van der Waals surface area contributed by atoms with Crippen molar-refractivity contribution in [3.05, 3.63) is 40.2 Å². The lowest BCUT2D eigenvalue weighted by atomic mass is 9.76. The molecule has 116 valence electrons. The Balaban J connectivity index is 2.22. The maximum absolute atomic E-state index is 12.3. The third-order valence-electron chi connectivity index (χ3n) is 4.36. The largest absolute Gasteiger partial charge is 0.507 e. The molecule has 0 bridgehead atoms. The highest BCUT2D eigenvalue weighted by Crippen LogP contribution is 2.40. The highest BCUT2D eigenvalue weighted by molar-refractivity contribution is 6.25. The van der Waals surface area contributed by atoms with E-state index >= 15 is 0 Å². The zero-order valence-corrected chi connectivity index (χ0v) is 12.2. The second-order valence-corrected chi connectivity index (χ2v) is 5.95. The fourth-order valence-corrected chi connectivity index (χ4v) is 3.04. The summed E-state index contributed by atoms with van der Waals surface area (Å²) in [5.41, 5.74) is -0.417. The van der Waals surface area contributed by atoms with Crippen molar-refractivity contribution in [3.63, 3.8) is 0 Å². The third kappa shape index (κ3) is 1.95. The first-order chi connectivity index (χ1) is 10.3. The number of hydrogen-bond acceptors (Lipinski definition) is 6. The summed E-state index contributed by atoms with van der Waals surface area (Å²) in [6, 6.07) is 1.50. The van der Waals surface area contributed by atoms with Crippen LogP contribution in [0.4, 0.5) is 0 Å². The minimum Gasteiger partial charge on any atom is -0.507 e. The van der Waals surface area contributed by atoms with Gasteiger partial charge in [0.15, 0.2) is 11.5 Å². The van der Waals surface area contributed by atoms with Gasteiger partial charge >= 0.3 is 0 Å². The molecule has 0 saturated carbocycles. The molecule has 0 aliphatic heterocycles. The van der Waals surface area contributed by atoms with E-state index < -0.39 is 23.3 Å². The summed E-state index contributed by atoms with van der Waals surface area (Å²) < 4.78 is 4.89. The van der Waals surface area contributed by atoms with Crippen molar-refractivity contribution in [2.75, 3.05) is 7.11 Å². The molecule has 3 rings (SSSR count). The lowest BCUT2D eigenvalue weighted by molar-refractivity contribution is -0.0664. The average Bonchev–Trinajstić information content (AvgIpc) is 2.44. The highest BCUT2D eigenvalue weighted by Gasteiger charge is 2.40. The summed E-state index contributed by atoms with van der Waals surface area (Å²) in [5.74, 6) is -1.38. The van der Waals surface area contributed by atoms with Crippen LogP contribution in [0.3, 0.4) is 0 Å². The number of aromatic hydroxyl groups is 1. The van der Waals surface area contributed by atoms with Crippen molar-refractivity contribution in [2.45, 2.75) is 31.5 Å². The number of carbonyl (C=O) groups is 2. The first-order valence-corrected chi connectivity index (χ1v) is 6.89. The summed E-state index contributed by atoms with van der Waals surface area (Å²) in [6.07, 6.45) is 0.0942. The summed E-state index contributed by atoms with van der Waals surface area (Å²) in [4.78, 5) is 24.4. The van der Waals surface area contributed by atoms with E-state index in [0.717, 1.165) is 6.08 Å². The van der Waals surface area contributed by atoms with Crippen LogP contribution < -0.4 is 0 Å². The summed E-state index contributed by atoms with van der Waals surface area (Å²) in [6.45, 7) is 1.49. The quantitative estimate of drug-likeness (QED) is 0.698. The molecule has 0 fully saturated rings. The van der Waals surface area contributed by atoms with E-state index in [1.165, 1.54) is 20.1 Å². The first kappa shape index (κ1) is 14.7. The second kappa shape index (κ2) is 4.66. The Morgan fingerprint density at radius 3 is 2.68 bits per heavy atom. The van der Waals surface area contributed by atoms with Crippen molar-refractivity contribution in [1.29, 1.82) is 0 Å². The Hall–Kier alpha value is -2.18. The van der Waals surface area contributed by atoms with Crippen LogP contribution in [0, 0.1) is 0 Å². The van der Waals surface area contributed by atoms with Gasteiger partial charge in [-0.15, -0.1) is 0 Å². The zero-order chi connectivity index (χ0) is 16.2. The normalized spacial score (nSPS) is 27.1. The number of hydrogen-bond donors (Lipinski definition) is 3. The van der Waals surface area contributed by atoms with Crippen LogP contribution in [-0.4, -0.2) is 45.7 Å². The van der Waals surface area contributed by atoms with Crippen molar-refractivity contribution in [3.8, 4) is 5.75 Å². The monoisotopic (exact) mass is 304 g/mol. The molecule has 0 aromatic heterocycles. The Kier molecular flexibility index (Phi) is 3.12. The molecular formula is C16H16O6. The molecule has 1 aromatic rings. The van der Waals surface area contributed by atoms with Crippen LogP contribution in [0.1, 0.15) is 38.8 Å². The maximum atomic E-state index is 12.3. The molecule has 1 aromatic carbocycles. The molecule has 0 unspecified atom stereocenters. The Morgan fingerprint density at radius 2 is 2.05 bits per heavy atom. The van der Waals surface area contributed by atoms with Gasteiger partial charge in [0.1, 0.15) is 5.75 Å². The number of carbonyl (C=O) groups excluding carboxylic acids is 2. The highest BCUT2D eigenvalue weighted by atomic mass is 16.5. The number of phenols is 1. The number of Topliss-reactive ketones (excluding diaryl/α,β-unsaturated/α-hetero) is 1. The summed E-state index contributed by atoms with van der Waals surface area (Å²) in [7, 11) is 1.29. The Bertz CT molecular complexity index is 729. The van der Waals surface area contributed by atoms with Gasteiger partial charge in [-0.2, -0.15) is 0 Å². The number of aliphatic hydroxyl groups is 2. The van der Waals surface area contributed by atoms with E-state index in [1.54, 1.807) is 0 Å². The van der Waals surface area contributed by atoms with Crippen LogP contribution >= 0.6 is 0 Å². The molecule has 22 heavy (non-hydrogen) atoms. The molecule has 6 nitrogen and oxygen atoms in total. The van der Waals surface area contributed by atoms with E-state index in [0.29, 0.717) is 11.1 Å². The Labute approximate surface area is 126 Å². The number of methoxy groups -OCH3 is 1.